The number of carbonyl (C=O) groups excluding carboxylic acids is 2. The summed E-state index contributed by atoms with van der Waals surface area (Å²) in [6.45, 7) is 2.34. The average Bonchev–Trinajstić information content (AvgIpc) is 2.88. The summed E-state index contributed by atoms with van der Waals surface area (Å²) in [6, 6.07) is 15.6. The number of carbonyl (C=O) groups is 2. The third-order valence-electron chi connectivity index (χ3n) is 5.55. The highest BCUT2D eigenvalue weighted by molar-refractivity contribution is 5.96. The van der Waals surface area contributed by atoms with E-state index in [0.29, 0.717) is 36.5 Å². The van der Waals surface area contributed by atoms with Crippen LogP contribution in [0.2, 0.25) is 0 Å². The lowest BCUT2D eigenvalue weighted by atomic mass is 9.99. The average molecular weight is 465 g/mol. The third kappa shape index (κ3) is 6.26. The second kappa shape index (κ2) is 12.0. The molecule has 0 atom stereocenters. The van der Waals surface area contributed by atoms with Gasteiger partial charge in [-0.15, -0.1) is 0 Å². The van der Waals surface area contributed by atoms with Crippen molar-refractivity contribution in [2.24, 2.45) is 0 Å². The predicted molar refractivity (Wildman–Crippen MR) is 130 cm³/mol. The molecule has 0 bridgehead atoms. The number of amides is 1. The van der Waals surface area contributed by atoms with Crippen LogP contribution in [0.3, 0.4) is 0 Å². The molecular formula is C27H29FN2O4. The Morgan fingerprint density at radius 2 is 1.74 bits per heavy atom. The Kier molecular flexibility index (Phi) is 8.87. The van der Waals surface area contributed by atoms with Crippen molar-refractivity contribution in [2.45, 2.75) is 26.2 Å². The van der Waals surface area contributed by atoms with E-state index < -0.39 is 5.82 Å². The molecule has 6 nitrogen and oxygen atoms in total. The van der Waals surface area contributed by atoms with Crippen molar-refractivity contribution >= 4 is 17.4 Å². The molecule has 2 aromatic carbocycles. The number of hydrogen-bond donors (Lipinski definition) is 0. The number of aryl methyl sites for hydroxylation is 1. The van der Waals surface area contributed by atoms with Crippen LogP contribution in [0.4, 0.5) is 10.1 Å². The van der Waals surface area contributed by atoms with Gasteiger partial charge in [0.2, 0.25) is 11.8 Å². The van der Waals surface area contributed by atoms with E-state index in [9.17, 15) is 14.0 Å². The molecule has 0 saturated carbocycles. The number of methoxy groups -OCH3 is 2. The number of pyridine rings is 1. The molecule has 0 aliphatic carbocycles. The number of ether oxygens (including phenoxy) is 2. The Bertz CT molecular complexity index is 1110. The monoisotopic (exact) mass is 464 g/mol. The first-order valence-electron chi connectivity index (χ1n) is 11.2. The van der Waals surface area contributed by atoms with Gasteiger partial charge < -0.3 is 14.4 Å². The molecule has 3 rings (SSSR count). The van der Waals surface area contributed by atoms with Gasteiger partial charge in [0.1, 0.15) is 5.82 Å². The number of aromatic nitrogens is 1. The van der Waals surface area contributed by atoms with E-state index in [1.807, 2.05) is 6.07 Å². The van der Waals surface area contributed by atoms with Crippen molar-refractivity contribution in [1.82, 2.24) is 4.98 Å². The highest BCUT2D eigenvalue weighted by Gasteiger charge is 2.18. The van der Waals surface area contributed by atoms with E-state index in [-0.39, 0.29) is 30.3 Å². The van der Waals surface area contributed by atoms with Crippen LogP contribution < -0.4 is 9.64 Å². The van der Waals surface area contributed by atoms with E-state index in [2.05, 4.69) is 4.98 Å². The molecular weight excluding hydrogens is 435 g/mol. The van der Waals surface area contributed by atoms with Gasteiger partial charge in [-0.3, -0.25) is 9.59 Å². The smallest absolute Gasteiger partial charge is 0.226 e. The molecule has 0 aliphatic heterocycles. The van der Waals surface area contributed by atoms with Gasteiger partial charge in [-0.1, -0.05) is 43.3 Å². The number of benzene rings is 2. The molecule has 1 amide bonds. The minimum absolute atomic E-state index is 0.0239. The lowest BCUT2D eigenvalue weighted by Gasteiger charge is -2.23. The Morgan fingerprint density at radius 3 is 2.32 bits per heavy atom. The first-order valence-corrected chi connectivity index (χ1v) is 11.2. The maximum Gasteiger partial charge on any atom is 0.226 e. The number of ketones is 1. The van der Waals surface area contributed by atoms with Gasteiger partial charge in [0.25, 0.3) is 0 Å². The van der Waals surface area contributed by atoms with Crippen LogP contribution >= 0.6 is 0 Å². The highest BCUT2D eigenvalue weighted by Crippen LogP contribution is 2.27. The minimum atomic E-state index is -0.483. The SMILES string of the molecule is CCC(=O)N(CCOC)c1ccc(-c2ccc(C(=O)CCc3ccc(OC)nc3)cc2)cc1F. The van der Waals surface area contributed by atoms with Crippen molar-refractivity contribution in [3.63, 3.8) is 0 Å². The maximum atomic E-state index is 14.9. The topological polar surface area (TPSA) is 68.7 Å². The maximum absolute atomic E-state index is 14.9. The summed E-state index contributed by atoms with van der Waals surface area (Å²) in [5, 5.41) is 0. The van der Waals surface area contributed by atoms with Gasteiger partial charge in [0.05, 0.1) is 19.4 Å². The molecule has 7 heteroatoms. The molecule has 34 heavy (non-hydrogen) atoms. The van der Waals surface area contributed by atoms with E-state index in [1.165, 1.54) is 11.0 Å². The van der Waals surface area contributed by atoms with E-state index in [1.54, 1.807) is 69.8 Å². The summed E-state index contributed by atoms with van der Waals surface area (Å²) in [6.07, 6.45) is 2.92. The molecule has 0 N–H and O–H groups in total. The fraction of sp³-hybridized carbons (Fsp3) is 0.296. The molecule has 178 valence electrons. The molecule has 3 aromatic rings. The summed E-state index contributed by atoms with van der Waals surface area (Å²) in [7, 11) is 3.10. The largest absolute Gasteiger partial charge is 0.481 e. The fourth-order valence-corrected chi connectivity index (χ4v) is 3.59. The Balaban J connectivity index is 1.69. The van der Waals surface area contributed by atoms with Gasteiger partial charge in [-0.2, -0.15) is 0 Å². The van der Waals surface area contributed by atoms with Gasteiger partial charge >= 0.3 is 0 Å². The van der Waals surface area contributed by atoms with Crippen molar-refractivity contribution in [3.05, 3.63) is 77.7 Å². The van der Waals surface area contributed by atoms with Crippen LogP contribution in [-0.4, -0.2) is 44.0 Å². The lowest BCUT2D eigenvalue weighted by Crippen LogP contribution is -2.34. The summed E-state index contributed by atoms with van der Waals surface area (Å²) >= 11 is 0. The zero-order valence-electron chi connectivity index (χ0n) is 19.7. The predicted octanol–water partition coefficient (Wildman–Crippen LogP) is 5.10. The summed E-state index contributed by atoms with van der Waals surface area (Å²) < 4.78 is 25.0. The number of Topliss-reactive ketones (excluding diaryl/α,β-unsaturated/α-hetero) is 1. The highest BCUT2D eigenvalue weighted by atomic mass is 19.1. The molecule has 1 aromatic heterocycles. The zero-order chi connectivity index (χ0) is 24.5. The van der Waals surface area contributed by atoms with Gasteiger partial charge in [-0.05, 0) is 35.2 Å². The van der Waals surface area contributed by atoms with Crippen LogP contribution in [0.25, 0.3) is 11.1 Å². The van der Waals surface area contributed by atoms with Crippen LogP contribution in [0.5, 0.6) is 5.88 Å². The lowest BCUT2D eigenvalue weighted by molar-refractivity contribution is -0.118. The second-order valence-electron chi connectivity index (χ2n) is 7.77. The van der Waals surface area contributed by atoms with Crippen LogP contribution in [0.15, 0.2) is 60.8 Å². The van der Waals surface area contributed by atoms with Gasteiger partial charge in [0, 0.05) is 44.3 Å². The Hall–Kier alpha value is -3.58. The van der Waals surface area contributed by atoms with Crippen molar-refractivity contribution < 1.29 is 23.5 Å². The number of nitrogens with zero attached hydrogens (tertiary/aromatic N) is 2. The van der Waals surface area contributed by atoms with Crippen molar-refractivity contribution in [2.75, 3.05) is 32.3 Å². The number of halogens is 1. The van der Waals surface area contributed by atoms with Crippen molar-refractivity contribution in [3.8, 4) is 17.0 Å². The van der Waals surface area contributed by atoms with Gasteiger partial charge in [-0.25, -0.2) is 9.37 Å². The first-order chi connectivity index (χ1) is 16.5. The van der Waals surface area contributed by atoms with Crippen LogP contribution in [0.1, 0.15) is 35.7 Å². The second-order valence-corrected chi connectivity index (χ2v) is 7.77. The molecule has 0 fully saturated rings. The minimum Gasteiger partial charge on any atom is -0.481 e. The number of hydrogen-bond acceptors (Lipinski definition) is 5. The molecule has 0 unspecified atom stereocenters. The zero-order valence-corrected chi connectivity index (χ0v) is 19.7. The van der Waals surface area contributed by atoms with Crippen LogP contribution in [-0.2, 0) is 16.0 Å². The summed E-state index contributed by atoms with van der Waals surface area (Å²) in [5.41, 5.74) is 3.24. The number of rotatable bonds is 11. The van der Waals surface area contributed by atoms with E-state index >= 15 is 0 Å². The molecule has 0 spiro atoms. The standard InChI is InChI=1S/C27H29FN2O4/c1-4-27(32)30(15-16-33-2)24-12-11-22(17-23(24)28)20-7-9-21(10-8-20)25(31)13-5-19-6-14-26(34-3)29-18-19/h6-12,14,17-18H,4-5,13,15-16H2,1-3H3. The Labute approximate surface area is 199 Å². The van der Waals surface area contributed by atoms with Gasteiger partial charge in [0.15, 0.2) is 5.78 Å². The quantitative estimate of drug-likeness (QED) is 0.369. The first kappa shape index (κ1) is 25.1. The Morgan fingerprint density at radius 1 is 1.00 bits per heavy atom. The fourth-order valence-electron chi connectivity index (χ4n) is 3.59. The van der Waals surface area contributed by atoms with Crippen molar-refractivity contribution in [1.29, 1.82) is 0 Å². The normalized spacial score (nSPS) is 10.7. The van der Waals surface area contributed by atoms with Crippen LogP contribution in [0, 0.1) is 5.82 Å². The third-order valence-corrected chi connectivity index (χ3v) is 5.55. The van der Waals surface area contributed by atoms with E-state index in [4.69, 9.17) is 9.47 Å². The molecule has 0 radical (unpaired) electrons. The molecule has 0 aliphatic rings. The van der Waals surface area contributed by atoms with E-state index in [0.717, 1.165) is 11.1 Å². The summed E-state index contributed by atoms with van der Waals surface area (Å²) in [5.74, 6) is -0.0915. The summed E-state index contributed by atoms with van der Waals surface area (Å²) in [4.78, 5) is 30.4. The molecule has 0 saturated heterocycles. The number of anilines is 1. The molecule has 1 heterocycles.